The van der Waals surface area contributed by atoms with Crippen LogP contribution in [-0.4, -0.2) is 12.1 Å². The number of nitrogens with zero attached hydrogens (tertiary/aromatic N) is 1. The number of methoxy groups -OCH3 is 1. The van der Waals surface area contributed by atoms with E-state index in [4.69, 9.17) is 39.4 Å². The van der Waals surface area contributed by atoms with Crippen molar-refractivity contribution in [3.63, 3.8) is 0 Å². The topological polar surface area (TPSA) is 74.2 Å². The molecule has 0 aliphatic carbocycles. The van der Waals surface area contributed by atoms with Gasteiger partial charge in [-0.2, -0.15) is 0 Å². The minimum atomic E-state index is 0.293. The number of nitrogens with two attached hydrogens (primary N) is 2. The number of anilines is 2. The van der Waals surface area contributed by atoms with Crippen molar-refractivity contribution in [3.8, 4) is 16.9 Å². The van der Waals surface area contributed by atoms with E-state index in [2.05, 4.69) is 4.98 Å². The van der Waals surface area contributed by atoms with Gasteiger partial charge >= 0.3 is 0 Å². The van der Waals surface area contributed by atoms with Gasteiger partial charge in [0, 0.05) is 17.2 Å². The lowest BCUT2D eigenvalue weighted by Crippen LogP contribution is -1.98. The van der Waals surface area contributed by atoms with Crippen molar-refractivity contribution in [3.05, 3.63) is 34.3 Å². The number of aromatic nitrogens is 1. The predicted octanol–water partition coefficient (Wildman–Crippen LogP) is 3.23. The van der Waals surface area contributed by atoms with E-state index in [1.54, 1.807) is 31.4 Å². The molecule has 0 spiro atoms. The van der Waals surface area contributed by atoms with Gasteiger partial charge in [0.05, 0.1) is 17.2 Å². The minimum Gasteiger partial charge on any atom is -0.497 e. The lowest BCUT2D eigenvalue weighted by molar-refractivity contribution is 0.415. The van der Waals surface area contributed by atoms with Crippen molar-refractivity contribution in [1.82, 2.24) is 4.98 Å². The van der Waals surface area contributed by atoms with Crippen molar-refractivity contribution in [2.75, 3.05) is 18.6 Å². The Kier molecular flexibility index (Phi) is 3.50. The van der Waals surface area contributed by atoms with Crippen LogP contribution in [0.25, 0.3) is 11.1 Å². The van der Waals surface area contributed by atoms with Crippen molar-refractivity contribution < 1.29 is 4.74 Å². The lowest BCUT2D eigenvalue weighted by Gasteiger charge is -2.11. The normalized spacial score (nSPS) is 10.4. The Morgan fingerprint density at radius 3 is 2.44 bits per heavy atom. The van der Waals surface area contributed by atoms with Crippen LogP contribution in [0.2, 0.25) is 10.0 Å². The number of nitrogen functional groups attached to an aromatic ring is 2. The van der Waals surface area contributed by atoms with E-state index in [9.17, 15) is 0 Å². The summed E-state index contributed by atoms with van der Waals surface area (Å²) in [6, 6.07) is 6.77. The van der Waals surface area contributed by atoms with E-state index in [0.29, 0.717) is 38.6 Å². The molecule has 94 valence electrons. The molecule has 2 aromatic rings. The Bertz CT molecular complexity index is 602. The zero-order chi connectivity index (χ0) is 13.3. The first-order valence-electron chi connectivity index (χ1n) is 5.08. The number of halogens is 2. The van der Waals surface area contributed by atoms with E-state index in [0.717, 1.165) is 0 Å². The molecule has 1 aromatic heterocycles. The van der Waals surface area contributed by atoms with Gasteiger partial charge in [0.1, 0.15) is 17.4 Å². The second kappa shape index (κ2) is 4.92. The molecule has 1 heterocycles. The lowest BCUT2D eigenvalue weighted by atomic mass is 10.1. The molecule has 2 rings (SSSR count). The molecule has 0 unspecified atom stereocenters. The third kappa shape index (κ3) is 2.30. The van der Waals surface area contributed by atoms with Crippen LogP contribution in [0.4, 0.5) is 11.6 Å². The van der Waals surface area contributed by atoms with Gasteiger partial charge in [-0.25, -0.2) is 4.98 Å². The van der Waals surface area contributed by atoms with Crippen LogP contribution in [-0.2, 0) is 0 Å². The first-order valence-corrected chi connectivity index (χ1v) is 5.84. The molecule has 6 heteroatoms. The van der Waals surface area contributed by atoms with E-state index < -0.39 is 0 Å². The average molecular weight is 284 g/mol. The van der Waals surface area contributed by atoms with Crippen molar-refractivity contribution in [2.45, 2.75) is 0 Å². The highest BCUT2D eigenvalue weighted by atomic mass is 35.5. The summed E-state index contributed by atoms with van der Waals surface area (Å²) in [5.74, 6) is 1.23. The summed E-state index contributed by atoms with van der Waals surface area (Å²) in [6.45, 7) is 0. The van der Waals surface area contributed by atoms with E-state index in [1.807, 2.05) is 0 Å². The molecule has 18 heavy (non-hydrogen) atoms. The second-order valence-corrected chi connectivity index (χ2v) is 4.42. The van der Waals surface area contributed by atoms with E-state index >= 15 is 0 Å². The van der Waals surface area contributed by atoms with Crippen LogP contribution in [0.15, 0.2) is 24.3 Å². The fourth-order valence-corrected chi connectivity index (χ4v) is 2.02. The molecule has 1 aromatic carbocycles. The van der Waals surface area contributed by atoms with E-state index in [1.165, 1.54) is 0 Å². The standard InChI is InChI=1S/C12H11Cl2N3O/c1-18-6-4-8(11(14)9(13)5-6)7-2-3-10(15)17-12(7)16/h2-5H,1H3,(H4,15,16,17). The molecule has 0 amide bonds. The number of rotatable bonds is 2. The maximum atomic E-state index is 6.17. The maximum absolute atomic E-state index is 6.17. The summed E-state index contributed by atoms with van der Waals surface area (Å²) in [7, 11) is 1.55. The Balaban J connectivity index is 2.66. The van der Waals surface area contributed by atoms with Gasteiger partial charge in [-0.1, -0.05) is 23.2 Å². The molecule has 4 N–H and O–H groups in total. The van der Waals surface area contributed by atoms with Gasteiger partial charge < -0.3 is 16.2 Å². The van der Waals surface area contributed by atoms with Crippen LogP contribution in [0.3, 0.4) is 0 Å². The molecule has 0 atom stereocenters. The smallest absolute Gasteiger partial charge is 0.133 e. The van der Waals surface area contributed by atoms with Crippen LogP contribution >= 0.6 is 23.2 Å². The zero-order valence-electron chi connectivity index (χ0n) is 9.58. The van der Waals surface area contributed by atoms with Crippen molar-refractivity contribution >= 4 is 34.8 Å². The average Bonchev–Trinajstić information content (AvgIpc) is 2.33. The third-order valence-corrected chi connectivity index (χ3v) is 3.28. The van der Waals surface area contributed by atoms with Gasteiger partial charge in [0.15, 0.2) is 0 Å². The summed E-state index contributed by atoms with van der Waals surface area (Å²) < 4.78 is 5.15. The van der Waals surface area contributed by atoms with Crippen LogP contribution in [0, 0.1) is 0 Å². The Morgan fingerprint density at radius 1 is 1.11 bits per heavy atom. The van der Waals surface area contributed by atoms with Crippen molar-refractivity contribution in [2.24, 2.45) is 0 Å². The van der Waals surface area contributed by atoms with Gasteiger partial charge in [0.25, 0.3) is 0 Å². The first kappa shape index (κ1) is 12.8. The zero-order valence-corrected chi connectivity index (χ0v) is 11.1. The highest BCUT2D eigenvalue weighted by molar-refractivity contribution is 6.44. The van der Waals surface area contributed by atoms with Gasteiger partial charge in [-0.15, -0.1) is 0 Å². The molecular formula is C12H11Cl2N3O. The molecular weight excluding hydrogens is 273 g/mol. The largest absolute Gasteiger partial charge is 0.497 e. The van der Waals surface area contributed by atoms with Crippen LogP contribution in [0.1, 0.15) is 0 Å². The number of benzene rings is 1. The summed E-state index contributed by atoms with van der Waals surface area (Å²) >= 11 is 12.2. The minimum absolute atomic E-state index is 0.293. The molecule has 0 saturated heterocycles. The fraction of sp³-hybridized carbons (Fsp3) is 0.0833. The van der Waals surface area contributed by atoms with Crippen LogP contribution in [0.5, 0.6) is 5.75 Å². The Morgan fingerprint density at radius 2 is 1.83 bits per heavy atom. The maximum Gasteiger partial charge on any atom is 0.133 e. The van der Waals surface area contributed by atoms with Crippen molar-refractivity contribution in [1.29, 1.82) is 0 Å². The summed E-state index contributed by atoms with van der Waals surface area (Å²) in [6.07, 6.45) is 0. The quantitative estimate of drug-likeness (QED) is 0.887. The van der Waals surface area contributed by atoms with Gasteiger partial charge in [-0.3, -0.25) is 0 Å². The SMILES string of the molecule is COc1cc(Cl)c(Cl)c(-c2ccc(N)nc2N)c1. The summed E-state index contributed by atoms with van der Waals surface area (Å²) in [4.78, 5) is 3.99. The van der Waals surface area contributed by atoms with E-state index in [-0.39, 0.29) is 0 Å². The summed E-state index contributed by atoms with van der Waals surface area (Å²) in [5, 5.41) is 0.790. The number of hydrogen-bond acceptors (Lipinski definition) is 4. The first-order chi connectivity index (χ1) is 8.52. The summed E-state index contributed by atoms with van der Waals surface area (Å²) in [5.41, 5.74) is 12.7. The molecule has 0 fully saturated rings. The monoisotopic (exact) mass is 283 g/mol. The highest BCUT2D eigenvalue weighted by Crippen LogP contribution is 2.39. The molecule has 0 radical (unpaired) electrons. The fourth-order valence-electron chi connectivity index (χ4n) is 1.60. The predicted molar refractivity (Wildman–Crippen MR) is 75.1 cm³/mol. The molecule has 4 nitrogen and oxygen atoms in total. The molecule has 0 saturated carbocycles. The number of pyridine rings is 1. The Hall–Kier alpha value is -1.65. The highest BCUT2D eigenvalue weighted by Gasteiger charge is 2.13. The molecule has 0 aliphatic heterocycles. The Labute approximate surface area is 114 Å². The number of ether oxygens (including phenoxy) is 1. The van der Waals surface area contributed by atoms with Gasteiger partial charge in [-0.05, 0) is 18.2 Å². The third-order valence-electron chi connectivity index (χ3n) is 2.47. The van der Waals surface area contributed by atoms with Crippen LogP contribution < -0.4 is 16.2 Å². The second-order valence-electron chi connectivity index (χ2n) is 3.64. The molecule has 0 bridgehead atoms. The number of hydrogen-bond donors (Lipinski definition) is 2. The molecule has 0 aliphatic rings. The van der Waals surface area contributed by atoms with Gasteiger partial charge in [0.2, 0.25) is 0 Å².